The van der Waals surface area contributed by atoms with Gasteiger partial charge in [-0.3, -0.25) is 4.79 Å². The van der Waals surface area contributed by atoms with Crippen molar-refractivity contribution in [2.45, 2.75) is 25.9 Å². The van der Waals surface area contributed by atoms with E-state index in [1.807, 2.05) is 0 Å². The Labute approximate surface area is 122 Å². The van der Waals surface area contributed by atoms with Crippen molar-refractivity contribution in [3.63, 3.8) is 0 Å². The van der Waals surface area contributed by atoms with Gasteiger partial charge in [0.1, 0.15) is 10.8 Å². The first-order valence-corrected chi connectivity index (χ1v) is 7.04. The third-order valence-corrected chi connectivity index (χ3v) is 4.04. The molecule has 1 unspecified atom stereocenters. The number of aliphatic hydroxyl groups is 1. The fraction of sp³-hybridized carbons (Fsp3) is 0.538. The third-order valence-electron chi connectivity index (χ3n) is 3.52. The van der Waals surface area contributed by atoms with Gasteiger partial charge in [0, 0.05) is 13.1 Å². The van der Waals surface area contributed by atoms with Gasteiger partial charge in [0.2, 0.25) is 0 Å². The first-order valence-electron chi connectivity index (χ1n) is 6.28. The summed E-state index contributed by atoms with van der Waals surface area (Å²) in [7, 11) is 0. The minimum atomic E-state index is -0.329. The van der Waals surface area contributed by atoms with E-state index in [0.29, 0.717) is 18.1 Å². The number of hydrogen-bond donors (Lipinski definition) is 1. The van der Waals surface area contributed by atoms with Crippen LogP contribution in [0.2, 0.25) is 10.2 Å². The van der Waals surface area contributed by atoms with Crippen LogP contribution in [0.5, 0.6) is 0 Å². The predicted molar refractivity (Wildman–Crippen MR) is 74.6 cm³/mol. The van der Waals surface area contributed by atoms with Crippen LogP contribution in [0.4, 0.5) is 0 Å². The van der Waals surface area contributed by atoms with Crippen molar-refractivity contribution in [1.82, 2.24) is 9.88 Å². The monoisotopic (exact) mass is 302 g/mol. The summed E-state index contributed by atoms with van der Waals surface area (Å²) in [6.07, 6.45) is 1.26. The zero-order valence-corrected chi connectivity index (χ0v) is 12.2. The molecule has 1 saturated heterocycles. The molecule has 0 aromatic carbocycles. The molecule has 0 bridgehead atoms. The van der Waals surface area contributed by atoms with E-state index in [9.17, 15) is 9.90 Å². The molecule has 1 fully saturated rings. The number of halogens is 2. The lowest BCUT2D eigenvalue weighted by atomic mass is 9.92. The van der Waals surface area contributed by atoms with E-state index in [1.165, 1.54) is 0 Å². The highest BCUT2D eigenvalue weighted by Crippen LogP contribution is 2.24. The second kappa shape index (κ2) is 6.07. The number of pyridine rings is 1. The number of nitrogens with zero attached hydrogens (tertiary/aromatic N) is 2. The molecule has 1 N–H and O–H groups in total. The molecule has 1 aromatic rings. The zero-order valence-electron chi connectivity index (χ0n) is 10.6. The van der Waals surface area contributed by atoms with Crippen molar-refractivity contribution in [1.29, 1.82) is 0 Å². The number of amides is 1. The SMILES string of the molecule is CC(O)C1CCN(C(=O)c2nc(Cl)ccc2Cl)CC1. The molecule has 1 aliphatic rings. The molecular weight excluding hydrogens is 287 g/mol. The highest BCUT2D eigenvalue weighted by atomic mass is 35.5. The van der Waals surface area contributed by atoms with Gasteiger partial charge < -0.3 is 10.0 Å². The van der Waals surface area contributed by atoms with Gasteiger partial charge in [0.25, 0.3) is 5.91 Å². The number of aliphatic hydroxyl groups excluding tert-OH is 1. The Morgan fingerprint density at radius 3 is 2.63 bits per heavy atom. The van der Waals surface area contributed by atoms with Crippen LogP contribution in [0.15, 0.2) is 12.1 Å². The quantitative estimate of drug-likeness (QED) is 0.855. The van der Waals surface area contributed by atoms with Crippen LogP contribution in [-0.2, 0) is 0 Å². The van der Waals surface area contributed by atoms with Gasteiger partial charge in [-0.2, -0.15) is 0 Å². The molecule has 0 spiro atoms. The fourth-order valence-corrected chi connectivity index (χ4v) is 2.64. The van der Waals surface area contributed by atoms with Crippen molar-refractivity contribution in [2.75, 3.05) is 13.1 Å². The minimum Gasteiger partial charge on any atom is -0.393 e. The highest BCUT2D eigenvalue weighted by Gasteiger charge is 2.27. The fourth-order valence-electron chi connectivity index (χ4n) is 2.30. The summed E-state index contributed by atoms with van der Waals surface area (Å²) in [5.74, 6) is 0.0587. The summed E-state index contributed by atoms with van der Waals surface area (Å²) in [4.78, 5) is 18.0. The molecule has 0 saturated carbocycles. The lowest BCUT2D eigenvalue weighted by Crippen LogP contribution is -2.41. The summed E-state index contributed by atoms with van der Waals surface area (Å²) in [5, 5.41) is 10.1. The molecule has 2 heterocycles. The summed E-state index contributed by atoms with van der Waals surface area (Å²) in [6, 6.07) is 3.13. The number of carbonyl (C=O) groups is 1. The van der Waals surface area contributed by atoms with Gasteiger partial charge in [0.15, 0.2) is 0 Å². The molecule has 0 aliphatic carbocycles. The molecule has 104 valence electrons. The van der Waals surface area contributed by atoms with E-state index >= 15 is 0 Å². The molecule has 1 aromatic heterocycles. The van der Waals surface area contributed by atoms with Crippen molar-refractivity contribution in [3.8, 4) is 0 Å². The summed E-state index contributed by atoms with van der Waals surface area (Å²) in [6.45, 7) is 3.01. The Morgan fingerprint density at radius 1 is 1.42 bits per heavy atom. The van der Waals surface area contributed by atoms with E-state index in [2.05, 4.69) is 4.98 Å². The van der Waals surface area contributed by atoms with Crippen LogP contribution in [0.3, 0.4) is 0 Å². The Hall–Kier alpha value is -0.840. The van der Waals surface area contributed by atoms with E-state index in [4.69, 9.17) is 23.2 Å². The molecule has 6 heteroatoms. The summed E-state index contributed by atoms with van der Waals surface area (Å²) >= 11 is 11.8. The van der Waals surface area contributed by atoms with Gasteiger partial charge >= 0.3 is 0 Å². The first-order chi connectivity index (χ1) is 8.99. The molecule has 2 rings (SSSR count). The number of rotatable bonds is 2. The average Bonchev–Trinajstić information content (AvgIpc) is 2.41. The van der Waals surface area contributed by atoms with Crippen molar-refractivity contribution in [3.05, 3.63) is 28.0 Å². The Kier molecular flexibility index (Phi) is 4.66. The number of piperidine rings is 1. The molecular formula is C13H16Cl2N2O2. The van der Waals surface area contributed by atoms with Crippen LogP contribution in [0, 0.1) is 5.92 Å². The van der Waals surface area contributed by atoms with E-state index in [-0.39, 0.29) is 28.8 Å². The number of hydrogen-bond acceptors (Lipinski definition) is 3. The lowest BCUT2D eigenvalue weighted by Gasteiger charge is -2.33. The van der Waals surface area contributed by atoms with Gasteiger partial charge in [-0.25, -0.2) is 4.98 Å². The molecule has 1 amide bonds. The van der Waals surface area contributed by atoms with Gasteiger partial charge in [-0.1, -0.05) is 23.2 Å². The van der Waals surface area contributed by atoms with Crippen LogP contribution in [0.1, 0.15) is 30.3 Å². The maximum atomic E-state index is 12.3. The van der Waals surface area contributed by atoms with Crippen LogP contribution >= 0.6 is 23.2 Å². The topological polar surface area (TPSA) is 53.4 Å². The number of aromatic nitrogens is 1. The Bertz CT molecular complexity index is 472. The molecule has 0 radical (unpaired) electrons. The standard InChI is InChI=1S/C13H16Cl2N2O2/c1-8(18)9-4-6-17(7-5-9)13(19)12-10(14)2-3-11(15)16-12/h2-3,8-9,18H,4-7H2,1H3. The second-order valence-corrected chi connectivity index (χ2v) is 5.63. The average molecular weight is 303 g/mol. The minimum absolute atomic E-state index is 0.198. The van der Waals surface area contributed by atoms with Crippen LogP contribution in [0.25, 0.3) is 0 Å². The van der Waals surface area contributed by atoms with Gasteiger partial charge in [-0.05, 0) is 37.8 Å². The van der Waals surface area contributed by atoms with Crippen molar-refractivity contribution >= 4 is 29.1 Å². The zero-order chi connectivity index (χ0) is 14.0. The summed E-state index contributed by atoms with van der Waals surface area (Å²) < 4.78 is 0. The maximum Gasteiger partial charge on any atom is 0.274 e. The third kappa shape index (κ3) is 3.38. The van der Waals surface area contributed by atoms with E-state index in [1.54, 1.807) is 24.0 Å². The molecule has 1 aliphatic heterocycles. The first kappa shape index (κ1) is 14.6. The van der Waals surface area contributed by atoms with Crippen LogP contribution < -0.4 is 0 Å². The Balaban J connectivity index is 2.07. The van der Waals surface area contributed by atoms with E-state index in [0.717, 1.165) is 12.8 Å². The summed E-state index contributed by atoms with van der Waals surface area (Å²) in [5.41, 5.74) is 0.199. The number of likely N-dealkylation sites (tertiary alicyclic amines) is 1. The molecule has 4 nitrogen and oxygen atoms in total. The second-order valence-electron chi connectivity index (χ2n) is 4.83. The lowest BCUT2D eigenvalue weighted by molar-refractivity contribution is 0.0517. The molecule has 1 atom stereocenters. The molecule has 19 heavy (non-hydrogen) atoms. The van der Waals surface area contributed by atoms with Crippen molar-refractivity contribution in [2.24, 2.45) is 5.92 Å². The maximum absolute atomic E-state index is 12.3. The van der Waals surface area contributed by atoms with Crippen LogP contribution in [-0.4, -0.2) is 40.1 Å². The largest absolute Gasteiger partial charge is 0.393 e. The van der Waals surface area contributed by atoms with Gasteiger partial charge in [0.05, 0.1) is 11.1 Å². The highest BCUT2D eigenvalue weighted by molar-refractivity contribution is 6.34. The smallest absolute Gasteiger partial charge is 0.274 e. The van der Waals surface area contributed by atoms with E-state index < -0.39 is 0 Å². The predicted octanol–water partition coefficient (Wildman–Crippen LogP) is 2.62. The van der Waals surface area contributed by atoms with Crippen molar-refractivity contribution < 1.29 is 9.90 Å². The Morgan fingerprint density at radius 2 is 2.05 bits per heavy atom. The normalized spacial score (nSPS) is 18.4. The number of carbonyl (C=O) groups excluding carboxylic acids is 1. The van der Waals surface area contributed by atoms with Gasteiger partial charge in [-0.15, -0.1) is 0 Å².